The number of nitriles is 1. The monoisotopic (exact) mass is 107 g/mol. The van der Waals surface area contributed by atoms with Gasteiger partial charge in [-0.05, 0) is 0 Å². The van der Waals surface area contributed by atoms with Crippen LogP contribution in [0.4, 0.5) is 0 Å². The highest BCUT2D eigenvalue weighted by Gasteiger charge is 2.12. The van der Waals surface area contributed by atoms with Crippen molar-refractivity contribution in [2.45, 2.75) is 0 Å². The standard InChI is InChI=1S/C5H5N3/c1-8-4-5(2-6)3-7-8/h3-4H,1H3/q+1. The summed E-state index contributed by atoms with van der Waals surface area (Å²) < 4.78 is 0. The summed E-state index contributed by atoms with van der Waals surface area (Å²) in [7, 11) is 1.78. The van der Waals surface area contributed by atoms with Crippen molar-refractivity contribution < 1.29 is 0 Å². The van der Waals surface area contributed by atoms with Crippen LogP contribution < -0.4 is 5.10 Å². The maximum atomic E-state index is 8.25. The van der Waals surface area contributed by atoms with Crippen molar-refractivity contribution in [3.63, 3.8) is 0 Å². The molecule has 1 rings (SSSR count). The van der Waals surface area contributed by atoms with E-state index >= 15 is 0 Å². The third kappa shape index (κ3) is 0.684. The minimum absolute atomic E-state index is 0.604. The van der Waals surface area contributed by atoms with Crippen molar-refractivity contribution in [3.05, 3.63) is 11.8 Å². The van der Waals surface area contributed by atoms with Crippen molar-refractivity contribution in [2.75, 3.05) is 7.05 Å². The van der Waals surface area contributed by atoms with Gasteiger partial charge in [0.05, 0.1) is 13.2 Å². The largest absolute Gasteiger partial charge is 0.294 e. The topological polar surface area (TPSA) is 41.1 Å². The van der Waals surface area contributed by atoms with Gasteiger partial charge in [-0.25, -0.2) is 0 Å². The SMILES string of the molecule is CN1C=C(C#N)C=[N+]1. The van der Waals surface area contributed by atoms with E-state index in [1.807, 2.05) is 6.07 Å². The van der Waals surface area contributed by atoms with Crippen LogP contribution in [0.1, 0.15) is 0 Å². The fourth-order valence-electron chi connectivity index (χ4n) is 0.479. The van der Waals surface area contributed by atoms with E-state index in [9.17, 15) is 0 Å². The zero-order valence-electron chi connectivity index (χ0n) is 4.50. The molecule has 1 aliphatic rings. The minimum atomic E-state index is 0.604. The van der Waals surface area contributed by atoms with Crippen molar-refractivity contribution >= 4 is 6.21 Å². The average molecular weight is 107 g/mol. The lowest BCUT2D eigenvalue weighted by atomic mass is 10.4. The zero-order valence-corrected chi connectivity index (χ0v) is 4.50. The Hall–Kier alpha value is -1.30. The van der Waals surface area contributed by atoms with Gasteiger partial charge in [0.2, 0.25) is 0 Å². The van der Waals surface area contributed by atoms with E-state index in [0.29, 0.717) is 5.57 Å². The van der Waals surface area contributed by atoms with Gasteiger partial charge in [-0.15, -0.1) is 0 Å². The van der Waals surface area contributed by atoms with Crippen LogP contribution in [0.25, 0.3) is 0 Å². The van der Waals surface area contributed by atoms with Crippen LogP contribution in [-0.4, -0.2) is 18.3 Å². The van der Waals surface area contributed by atoms with Crippen LogP contribution in [0.15, 0.2) is 11.8 Å². The Morgan fingerprint density at radius 1 is 1.88 bits per heavy atom. The van der Waals surface area contributed by atoms with E-state index in [1.165, 1.54) is 6.21 Å². The molecule has 1 aliphatic heterocycles. The molecule has 0 bridgehead atoms. The molecule has 0 aromatic heterocycles. The number of rotatable bonds is 0. The van der Waals surface area contributed by atoms with Crippen LogP contribution >= 0.6 is 0 Å². The second-order valence-electron chi connectivity index (χ2n) is 1.51. The van der Waals surface area contributed by atoms with Gasteiger partial charge in [-0.1, -0.05) is 5.01 Å². The first-order valence-electron chi connectivity index (χ1n) is 2.21. The van der Waals surface area contributed by atoms with Crippen molar-refractivity contribution in [3.8, 4) is 6.07 Å². The highest BCUT2D eigenvalue weighted by Crippen LogP contribution is 1.92. The Kier molecular flexibility index (Phi) is 1.01. The first-order chi connectivity index (χ1) is 3.83. The van der Waals surface area contributed by atoms with Crippen LogP contribution in [0.5, 0.6) is 0 Å². The number of hydrogen-bond acceptors (Lipinski definition) is 3. The lowest BCUT2D eigenvalue weighted by Gasteiger charge is -1.80. The third-order valence-electron chi connectivity index (χ3n) is 0.834. The molecule has 0 aromatic rings. The summed E-state index contributed by atoms with van der Waals surface area (Å²) in [5.74, 6) is 0. The number of hydrazone groups is 1. The first-order valence-corrected chi connectivity index (χ1v) is 2.21. The zero-order chi connectivity index (χ0) is 5.98. The molecule has 0 atom stereocenters. The highest BCUT2D eigenvalue weighted by atomic mass is 15.4. The van der Waals surface area contributed by atoms with Gasteiger partial charge >= 0.3 is 0 Å². The fraction of sp³-hybridized carbons (Fsp3) is 0.200. The van der Waals surface area contributed by atoms with Crippen LogP contribution in [0.3, 0.4) is 0 Å². The Morgan fingerprint density at radius 2 is 2.62 bits per heavy atom. The quantitative estimate of drug-likeness (QED) is 0.425. The lowest BCUT2D eigenvalue weighted by Crippen LogP contribution is -2.07. The normalized spacial score (nSPS) is 16.0. The van der Waals surface area contributed by atoms with Gasteiger partial charge in [0.1, 0.15) is 11.6 Å². The molecule has 3 heteroatoms. The van der Waals surface area contributed by atoms with Crippen LogP contribution in [0.2, 0.25) is 0 Å². The van der Waals surface area contributed by atoms with Crippen molar-refractivity contribution in [2.24, 2.45) is 0 Å². The minimum Gasteiger partial charge on any atom is -0.192 e. The molecular weight excluding hydrogens is 102 g/mol. The van der Waals surface area contributed by atoms with Crippen LogP contribution in [0, 0.1) is 11.3 Å². The Morgan fingerprint density at radius 3 is 2.88 bits per heavy atom. The summed E-state index contributed by atoms with van der Waals surface area (Å²) in [6.07, 6.45) is 3.19. The fourth-order valence-corrected chi connectivity index (χ4v) is 0.479. The first kappa shape index (κ1) is 4.85. The van der Waals surface area contributed by atoms with E-state index in [-0.39, 0.29) is 0 Å². The second kappa shape index (κ2) is 1.66. The van der Waals surface area contributed by atoms with Gasteiger partial charge in [0.15, 0.2) is 5.10 Å². The van der Waals surface area contributed by atoms with E-state index in [2.05, 4.69) is 5.10 Å². The molecular formula is C5H5N3+. The molecule has 0 saturated heterocycles. The Balaban J connectivity index is 2.77. The second-order valence-corrected chi connectivity index (χ2v) is 1.51. The Bertz CT molecular complexity index is 184. The molecule has 1 radical (unpaired) electrons. The molecule has 0 aromatic carbocycles. The molecule has 8 heavy (non-hydrogen) atoms. The van der Waals surface area contributed by atoms with Gasteiger partial charge in [0, 0.05) is 0 Å². The summed E-state index contributed by atoms with van der Waals surface area (Å²) in [6, 6.07) is 1.96. The van der Waals surface area contributed by atoms with E-state index < -0.39 is 0 Å². The van der Waals surface area contributed by atoms with Gasteiger partial charge < -0.3 is 0 Å². The summed E-state index contributed by atoms with van der Waals surface area (Å²) >= 11 is 0. The molecule has 0 fully saturated rings. The Labute approximate surface area is 47.5 Å². The van der Waals surface area contributed by atoms with Crippen LogP contribution in [-0.2, 0) is 0 Å². The number of hydrogen-bond donors (Lipinski definition) is 0. The molecule has 1 heterocycles. The molecule has 3 nitrogen and oxygen atoms in total. The molecule has 0 amide bonds. The van der Waals surface area contributed by atoms with Gasteiger partial charge in [-0.3, -0.25) is 0 Å². The molecule has 0 unspecified atom stereocenters. The lowest BCUT2D eigenvalue weighted by molar-refractivity contribution is 0.442. The summed E-state index contributed by atoms with van der Waals surface area (Å²) in [4.78, 5) is 0. The summed E-state index contributed by atoms with van der Waals surface area (Å²) in [6.45, 7) is 0. The number of allylic oxidation sites excluding steroid dienone is 1. The highest BCUT2D eigenvalue weighted by molar-refractivity contribution is 5.83. The van der Waals surface area contributed by atoms with Gasteiger partial charge in [0.25, 0.3) is 6.21 Å². The number of nitrogens with zero attached hydrogens (tertiary/aromatic N) is 3. The summed E-state index contributed by atoms with van der Waals surface area (Å²) in [5.41, 5.74) is 0.604. The maximum absolute atomic E-state index is 8.25. The smallest absolute Gasteiger partial charge is 0.192 e. The van der Waals surface area contributed by atoms with Gasteiger partial charge in [-0.2, -0.15) is 5.26 Å². The molecule has 0 spiro atoms. The molecule has 0 saturated carbocycles. The molecule has 0 N–H and O–H groups in total. The maximum Gasteiger partial charge on any atom is 0.294 e. The average Bonchev–Trinajstić information content (AvgIpc) is 2.14. The summed E-state index contributed by atoms with van der Waals surface area (Å²) in [5, 5.41) is 13.6. The van der Waals surface area contributed by atoms with E-state index in [4.69, 9.17) is 5.26 Å². The van der Waals surface area contributed by atoms with Crippen molar-refractivity contribution in [1.29, 1.82) is 5.26 Å². The predicted octanol–water partition coefficient (Wildman–Crippen LogP) is -0.339. The predicted molar refractivity (Wildman–Crippen MR) is 29.7 cm³/mol. The van der Waals surface area contributed by atoms with Crippen molar-refractivity contribution in [1.82, 2.24) is 10.1 Å². The van der Waals surface area contributed by atoms with E-state index in [1.54, 1.807) is 18.3 Å². The molecule has 0 aliphatic carbocycles. The molecule has 39 valence electrons. The van der Waals surface area contributed by atoms with E-state index in [0.717, 1.165) is 0 Å². The third-order valence-corrected chi connectivity index (χ3v) is 0.834.